The quantitative estimate of drug-likeness (QED) is 0.810. The SMILES string of the molecule is COCCN(CC(C)C)c1ncc(C(=O)O)s1. The maximum Gasteiger partial charge on any atom is 0.347 e. The lowest BCUT2D eigenvalue weighted by molar-refractivity contribution is 0.0702. The third-order valence-corrected chi connectivity index (χ3v) is 3.17. The van der Waals surface area contributed by atoms with Gasteiger partial charge in [-0.05, 0) is 5.92 Å². The van der Waals surface area contributed by atoms with Crippen LogP contribution in [0.1, 0.15) is 23.5 Å². The maximum atomic E-state index is 10.8. The Morgan fingerprint density at radius 1 is 1.65 bits per heavy atom. The number of aromatic carboxylic acids is 1. The molecule has 17 heavy (non-hydrogen) atoms. The van der Waals surface area contributed by atoms with Gasteiger partial charge in [0.1, 0.15) is 4.88 Å². The fourth-order valence-electron chi connectivity index (χ4n) is 1.42. The highest BCUT2D eigenvalue weighted by Gasteiger charge is 2.15. The molecular formula is C11H18N2O3S. The van der Waals surface area contributed by atoms with Gasteiger partial charge in [0.15, 0.2) is 5.13 Å². The Morgan fingerprint density at radius 2 is 2.35 bits per heavy atom. The molecule has 0 bridgehead atoms. The van der Waals surface area contributed by atoms with Gasteiger partial charge in [-0.3, -0.25) is 0 Å². The van der Waals surface area contributed by atoms with Crippen LogP contribution in [0.3, 0.4) is 0 Å². The fourth-order valence-corrected chi connectivity index (χ4v) is 2.21. The average Bonchev–Trinajstić information content (AvgIpc) is 2.72. The van der Waals surface area contributed by atoms with Crippen molar-refractivity contribution in [2.24, 2.45) is 5.92 Å². The zero-order valence-corrected chi connectivity index (χ0v) is 11.2. The van der Waals surface area contributed by atoms with Gasteiger partial charge in [-0.2, -0.15) is 0 Å². The molecule has 0 saturated heterocycles. The van der Waals surface area contributed by atoms with Crippen molar-refractivity contribution in [3.05, 3.63) is 11.1 Å². The molecular weight excluding hydrogens is 240 g/mol. The Morgan fingerprint density at radius 3 is 2.82 bits per heavy atom. The summed E-state index contributed by atoms with van der Waals surface area (Å²) >= 11 is 1.20. The average molecular weight is 258 g/mol. The molecule has 1 heterocycles. The third-order valence-electron chi connectivity index (χ3n) is 2.13. The monoisotopic (exact) mass is 258 g/mol. The van der Waals surface area contributed by atoms with E-state index in [1.807, 2.05) is 0 Å². The van der Waals surface area contributed by atoms with E-state index >= 15 is 0 Å². The number of carboxylic acids is 1. The molecule has 1 aromatic heterocycles. The van der Waals surface area contributed by atoms with Gasteiger partial charge in [0, 0.05) is 20.2 Å². The molecule has 0 aliphatic heterocycles. The topological polar surface area (TPSA) is 62.7 Å². The first-order valence-corrected chi connectivity index (χ1v) is 6.29. The number of rotatable bonds is 7. The summed E-state index contributed by atoms with van der Waals surface area (Å²) in [4.78, 5) is 17.3. The number of hydrogen-bond donors (Lipinski definition) is 1. The van der Waals surface area contributed by atoms with Gasteiger partial charge in [0.2, 0.25) is 0 Å². The summed E-state index contributed by atoms with van der Waals surface area (Å²) in [5.41, 5.74) is 0. The van der Waals surface area contributed by atoms with Gasteiger partial charge in [-0.1, -0.05) is 25.2 Å². The lowest BCUT2D eigenvalue weighted by Crippen LogP contribution is -2.30. The molecule has 0 unspecified atom stereocenters. The van der Waals surface area contributed by atoms with Crippen molar-refractivity contribution in [1.29, 1.82) is 0 Å². The van der Waals surface area contributed by atoms with Gasteiger partial charge in [-0.15, -0.1) is 0 Å². The molecule has 0 saturated carbocycles. The molecule has 6 heteroatoms. The van der Waals surface area contributed by atoms with Gasteiger partial charge < -0.3 is 14.7 Å². The Balaban J connectivity index is 2.76. The first-order valence-electron chi connectivity index (χ1n) is 5.47. The standard InChI is InChI=1S/C11H18N2O3S/c1-8(2)7-13(4-5-16-3)11-12-6-9(17-11)10(14)15/h6,8H,4-5,7H2,1-3H3,(H,14,15). The summed E-state index contributed by atoms with van der Waals surface area (Å²) < 4.78 is 5.05. The van der Waals surface area contributed by atoms with Crippen molar-refractivity contribution in [1.82, 2.24) is 4.98 Å². The van der Waals surface area contributed by atoms with Crippen LogP contribution in [0.5, 0.6) is 0 Å². The number of hydrogen-bond acceptors (Lipinski definition) is 5. The summed E-state index contributed by atoms with van der Waals surface area (Å²) in [6.07, 6.45) is 1.41. The summed E-state index contributed by atoms with van der Waals surface area (Å²) in [5.74, 6) is -0.436. The zero-order chi connectivity index (χ0) is 12.8. The molecule has 96 valence electrons. The molecule has 0 radical (unpaired) electrons. The fraction of sp³-hybridized carbons (Fsp3) is 0.636. The van der Waals surface area contributed by atoms with Gasteiger partial charge >= 0.3 is 5.97 Å². The summed E-state index contributed by atoms with van der Waals surface area (Å²) in [5, 5.41) is 9.61. The van der Waals surface area contributed by atoms with Crippen molar-refractivity contribution >= 4 is 22.4 Å². The number of methoxy groups -OCH3 is 1. The Kier molecular flexibility index (Phi) is 5.37. The van der Waals surface area contributed by atoms with E-state index in [1.54, 1.807) is 7.11 Å². The zero-order valence-electron chi connectivity index (χ0n) is 10.3. The van der Waals surface area contributed by atoms with Crippen LogP contribution in [0.15, 0.2) is 6.20 Å². The molecule has 1 rings (SSSR count). The van der Waals surface area contributed by atoms with Crippen molar-refractivity contribution in [2.75, 3.05) is 31.7 Å². The van der Waals surface area contributed by atoms with Crippen LogP contribution in [-0.2, 0) is 4.74 Å². The van der Waals surface area contributed by atoms with Crippen molar-refractivity contribution < 1.29 is 14.6 Å². The lowest BCUT2D eigenvalue weighted by atomic mass is 10.2. The van der Waals surface area contributed by atoms with E-state index in [-0.39, 0.29) is 4.88 Å². The van der Waals surface area contributed by atoms with Crippen molar-refractivity contribution in [2.45, 2.75) is 13.8 Å². The van der Waals surface area contributed by atoms with Crippen LogP contribution >= 0.6 is 11.3 Å². The highest BCUT2D eigenvalue weighted by Crippen LogP contribution is 2.23. The highest BCUT2D eigenvalue weighted by atomic mass is 32.1. The number of carboxylic acid groups (broad SMARTS) is 1. The molecule has 0 atom stereocenters. The minimum absolute atomic E-state index is 0.270. The van der Waals surface area contributed by atoms with Crippen LogP contribution in [0.2, 0.25) is 0 Å². The normalized spacial score (nSPS) is 10.8. The number of nitrogens with zero attached hydrogens (tertiary/aromatic N) is 2. The van der Waals surface area contributed by atoms with E-state index in [9.17, 15) is 4.79 Å². The van der Waals surface area contributed by atoms with Crippen molar-refractivity contribution in [3.63, 3.8) is 0 Å². The molecule has 0 aliphatic carbocycles. The molecule has 1 N–H and O–H groups in total. The number of ether oxygens (including phenoxy) is 1. The minimum Gasteiger partial charge on any atom is -0.477 e. The second-order valence-electron chi connectivity index (χ2n) is 4.14. The second-order valence-corrected chi connectivity index (χ2v) is 5.15. The van der Waals surface area contributed by atoms with E-state index in [4.69, 9.17) is 9.84 Å². The Labute approximate surface area is 105 Å². The smallest absolute Gasteiger partial charge is 0.347 e. The number of aromatic nitrogens is 1. The van der Waals surface area contributed by atoms with E-state index < -0.39 is 5.97 Å². The van der Waals surface area contributed by atoms with E-state index in [0.717, 1.165) is 18.2 Å². The highest BCUT2D eigenvalue weighted by molar-refractivity contribution is 7.17. The Bertz CT molecular complexity index is 365. The molecule has 0 spiro atoms. The van der Waals surface area contributed by atoms with E-state index in [1.165, 1.54) is 17.5 Å². The van der Waals surface area contributed by atoms with Crippen molar-refractivity contribution in [3.8, 4) is 0 Å². The molecule has 0 aliphatic rings. The summed E-state index contributed by atoms with van der Waals surface area (Å²) in [6, 6.07) is 0. The summed E-state index contributed by atoms with van der Waals surface area (Å²) in [7, 11) is 1.65. The molecule has 0 amide bonds. The van der Waals surface area contributed by atoms with E-state index in [2.05, 4.69) is 23.7 Å². The first-order chi connectivity index (χ1) is 8.04. The largest absolute Gasteiger partial charge is 0.477 e. The predicted octanol–water partition coefficient (Wildman–Crippen LogP) is 1.95. The van der Waals surface area contributed by atoms with Crippen LogP contribution in [0, 0.1) is 5.92 Å². The van der Waals surface area contributed by atoms with Crippen LogP contribution in [0.25, 0.3) is 0 Å². The molecule has 5 nitrogen and oxygen atoms in total. The number of carbonyl (C=O) groups is 1. The predicted molar refractivity (Wildman–Crippen MR) is 68.0 cm³/mol. The lowest BCUT2D eigenvalue weighted by Gasteiger charge is -2.23. The van der Waals surface area contributed by atoms with Gasteiger partial charge in [0.05, 0.1) is 12.8 Å². The number of anilines is 1. The van der Waals surface area contributed by atoms with Gasteiger partial charge in [-0.25, -0.2) is 9.78 Å². The first kappa shape index (κ1) is 13.9. The third kappa shape index (κ3) is 4.32. The maximum absolute atomic E-state index is 10.8. The minimum atomic E-state index is -0.926. The Hall–Kier alpha value is -1.14. The van der Waals surface area contributed by atoms with Crippen LogP contribution in [-0.4, -0.2) is 42.9 Å². The second kappa shape index (κ2) is 6.56. The van der Waals surface area contributed by atoms with Crippen LogP contribution < -0.4 is 4.90 Å². The molecule has 0 aromatic carbocycles. The number of thiazole rings is 1. The van der Waals surface area contributed by atoms with Crippen LogP contribution in [0.4, 0.5) is 5.13 Å². The van der Waals surface area contributed by atoms with E-state index in [0.29, 0.717) is 12.5 Å². The molecule has 0 fully saturated rings. The molecule has 1 aromatic rings. The van der Waals surface area contributed by atoms with Gasteiger partial charge in [0.25, 0.3) is 0 Å². The summed E-state index contributed by atoms with van der Waals surface area (Å²) in [6.45, 7) is 6.41.